The van der Waals surface area contributed by atoms with Gasteiger partial charge in [0.15, 0.2) is 5.76 Å². The Morgan fingerprint density at radius 3 is 2.62 bits per heavy atom. The molecule has 1 aliphatic rings. The highest BCUT2D eigenvalue weighted by Gasteiger charge is 2.27. The van der Waals surface area contributed by atoms with Crippen LogP contribution in [0.3, 0.4) is 0 Å². The number of rotatable bonds is 4. The van der Waals surface area contributed by atoms with Crippen LogP contribution in [0.25, 0.3) is 0 Å². The van der Waals surface area contributed by atoms with Gasteiger partial charge in [0.1, 0.15) is 0 Å². The van der Waals surface area contributed by atoms with E-state index in [1.54, 1.807) is 30.8 Å². The highest BCUT2D eigenvalue weighted by Crippen LogP contribution is 2.25. The number of nitrogens with zero attached hydrogens (tertiary/aromatic N) is 2. The van der Waals surface area contributed by atoms with Gasteiger partial charge in [0.2, 0.25) is 0 Å². The van der Waals surface area contributed by atoms with Crippen LogP contribution in [-0.4, -0.2) is 21.8 Å². The molecule has 2 heterocycles. The van der Waals surface area contributed by atoms with Crippen molar-refractivity contribution < 1.29 is 9.21 Å². The molecule has 110 valence electrons. The van der Waals surface area contributed by atoms with E-state index in [1.165, 1.54) is 19.3 Å². The van der Waals surface area contributed by atoms with Gasteiger partial charge in [-0.25, -0.2) is 0 Å². The monoisotopic (exact) mass is 284 g/mol. The lowest BCUT2D eigenvalue weighted by atomic mass is 9.93. The molecular weight excluding hydrogens is 264 g/mol. The summed E-state index contributed by atoms with van der Waals surface area (Å²) in [5.41, 5.74) is 1.11. The quantitative estimate of drug-likeness (QED) is 0.861. The van der Waals surface area contributed by atoms with E-state index in [0.717, 1.165) is 18.4 Å². The first-order valence-corrected chi connectivity index (χ1v) is 7.58. The maximum atomic E-state index is 12.7. The minimum absolute atomic E-state index is 0.0105. The standard InChI is InChI=1S/C17H20N2O2/c20-17(16-7-4-12-21-16)19(15-5-2-1-3-6-15)13-14-8-10-18-11-9-14/h4,7-12,15H,1-3,5-6,13H2. The van der Waals surface area contributed by atoms with E-state index in [2.05, 4.69) is 4.98 Å². The molecule has 4 heteroatoms. The normalized spacial score (nSPS) is 15.8. The highest BCUT2D eigenvalue weighted by atomic mass is 16.3. The molecule has 2 aromatic heterocycles. The van der Waals surface area contributed by atoms with Crippen LogP contribution in [0.15, 0.2) is 47.3 Å². The van der Waals surface area contributed by atoms with Crippen LogP contribution in [0.1, 0.15) is 48.2 Å². The van der Waals surface area contributed by atoms with Gasteiger partial charge in [0.25, 0.3) is 5.91 Å². The van der Waals surface area contributed by atoms with E-state index < -0.39 is 0 Å². The van der Waals surface area contributed by atoms with Crippen LogP contribution in [0.4, 0.5) is 0 Å². The number of furan rings is 1. The summed E-state index contributed by atoms with van der Waals surface area (Å²) in [6, 6.07) is 7.74. The van der Waals surface area contributed by atoms with Gasteiger partial charge in [-0.2, -0.15) is 0 Å². The molecule has 0 atom stereocenters. The van der Waals surface area contributed by atoms with E-state index in [0.29, 0.717) is 18.3 Å². The lowest BCUT2D eigenvalue weighted by Crippen LogP contribution is -2.40. The Morgan fingerprint density at radius 1 is 1.19 bits per heavy atom. The second-order valence-electron chi connectivity index (χ2n) is 5.56. The number of pyridine rings is 1. The second-order valence-corrected chi connectivity index (χ2v) is 5.56. The van der Waals surface area contributed by atoms with Crippen molar-refractivity contribution in [3.05, 3.63) is 54.2 Å². The van der Waals surface area contributed by atoms with Gasteiger partial charge in [0.05, 0.1) is 6.26 Å². The smallest absolute Gasteiger partial charge is 0.290 e. The Kier molecular flexibility index (Phi) is 4.34. The molecule has 0 aromatic carbocycles. The lowest BCUT2D eigenvalue weighted by Gasteiger charge is -2.34. The summed E-state index contributed by atoms with van der Waals surface area (Å²) in [5, 5.41) is 0. The van der Waals surface area contributed by atoms with Crippen LogP contribution in [0, 0.1) is 0 Å². The van der Waals surface area contributed by atoms with Crippen molar-refractivity contribution in [2.75, 3.05) is 0 Å². The zero-order valence-corrected chi connectivity index (χ0v) is 12.1. The second kappa shape index (κ2) is 6.57. The first kappa shape index (κ1) is 13.9. The Balaban J connectivity index is 1.81. The Hall–Kier alpha value is -2.10. The van der Waals surface area contributed by atoms with E-state index in [4.69, 9.17) is 4.42 Å². The van der Waals surface area contributed by atoms with Gasteiger partial charge in [-0.1, -0.05) is 19.3 Å². The van der Waals surface area contributed by atoms with Crippen molar-refractivity contribution >= 4 is 5.91 Å². The SMILES string of the molecule is O=C(c1ccco1)N(Cc1ccncc1)C1CCCCC1. The fourth-order valence-corrected chi connectivity index (χ4v) is 2.99. The van der Waals surface area contributed by atoms with Crippen LogP contribution < -0.4 is 0 Å². The number of hydrogen-bond acceptors (Lipinski definition) is 3. The number of carbonyl (C=O) groups excluding carboxylic acids is 1. The molecule has 0 radical (unpaired) electrons. The summed E-state index contributed by atoms with van der Waals surface area (Å²) < 4.78 is 5.30. The van der Waals surface area contributed by atoms with Crippen molar-refractivity contribution in [1.29, 1.82) is 0 Å². The molecule has 3 rings (SSSR count). The molecule has 0 saturated heterocycles. The molecule has 1 aliphatic carbocycles. The van der Waals surface area contributed by atoms with Crippen LogP contribution in [0.2, 0.25) is 0 Å². The van der Waals surface area contributed by atoms with Gasteiger partial charge in [-0.3, -0.25) is 9.78 Å². The summed E-state index contributed by atoms with van der Waals surface area (Å²) in [7, 11) is 0. The highest BCUT2D eigenvalue weighted by molar-refractivity contribution is 5.91. The molecule has 1 amide bonds. The predicted molar refractivity (Wildman–Crippen MR) is 79.7 cm³/mol. The molecule has 0 N–H and O–H groups in total. The first-order valence-electron chi connectivity index (χ1n) is 7.58. The van der Waals surface area contributed by atoms with E-state index in [1.807, 2.05) is 17.0 Å². The molecule has 2 aromatic rings. The Morgan fingerprint density at radius 2 is 1.95 bits per heavy atom. The maximum absolute atomic E-state index is 12.7. The number of amides is 1. The molecule has 0 unspecified atom stereocenters. The third-order valence-electron chi connectivity index (χ3n) is 4.11. The number of carbonyl (C=O) groups is 1. The van der Waals surface area contributed by atoms with Gasteiger partial charge in [-0.15, -0.1) is 0 Å². The maximum Gasteiger partial charge on any atom is 0.290 e. The zero-order chi connectivity index (χ0) is 14.5. The zero-order valence-electron chi connectivity index (χ0n) is 12.1. The van der Waals surface area contributed by atoms with Crippen LogP contribution in [-0.2, 0) is 6.54 Å². The van der Waals surface area contributed by atoms with E-state index in [-0.39, 0.29) is 5.91 Å². The van der Waals surface area contributed by atoms with Crippen molar-refractivity contribution in [3.63, 3.8) is 0 Å². The third kappa shape index (κ3) is 3.32. The minimum Gasteiger partial charge on any atom is -0.459 e. The van der Waals surface area contributed by atoms with Crippen molar-refractivity contribution in [3.8, 4) is 0 Å². The average Bonchev–Trinajstić information content (AvgIpc) is 3.08. The van der Waals surface area contributed by atoms with E-state index >= 15 is 0 Å². The van der Waals surface area contributed by atoms with Crippen molar-refractivity contribution in [2.45, 2.75) is 44.7 Å². The number of hydrogen-bond donors (Lipinski definition) is 0. The molecular formula is C17H20N2O2. The summed E-state index contributed by atoms with van der Waals surface area (Å²) in [6.07, 6.45) is 10.9. The lowest BCUT2D eigenvalue weighted by molar-refractivity contribution is 0.0581. The molecule has 1 fully saturated rings. The van der Waals surface area contributed by atoms with Crippen molar-refractivity contribution in [2.24, 2.45) is 0 Å². The van der Waals surface area contributed by atoms with Gasteiger partial charge in [-0.05, 0) is 42.7 Å². The topological polar surface area (TPSA) is 46.3 Å². The molecule has 0 bridgehead atoms. The van der Waals surface area contributed by atoms with Gasteiger partial charge < -0.3 is 9.32 Å². The van der Waals surface area contributed by atoms with Gasteiger partial charge >= 0.3 is 0 Å². The Labute approximate surface area is 124 Å². The Bertz CT molecular complexity index is 560. The van der Waals surface area contributed by atoms with Gasteiger partial charge in [0, 0.05) is 25.0 Å². The molecule has 0 aliphatic heterocycles. The third-order valence-corrected chi connectivity index (χ3v) is 4.11. The summed E-state index contributed by atoms with van der Waals surface area (Å²) in [6.45, 7) is 0.618. The molecule has 4 nitrogen and oxygen atoms in total. The summed E-state index contributed by atoms with van der Waals surface area (Å²) >= 11 is 0. The fraction of sp³-hybridized carbons (Fsp3) is 0.412. The number of aromatic nitrogens is 1. The molecule has 21 heavy (non-hydrogen) atoms. The minimum atomic E-state index is -0.0105. The van der Waals surface area contributed by atoms with Crippen molar-refractivity contribution in [1.82, 2.24) is 9.88 Å². The first-order chi connectivity index (χ1) is 10.3. The average molecular weight is 284 g/mol. The van der Waals surface area contributed by atoms with Crippen LogP contribution in [0.5, 0.6) is 0 Å². The molecule has 1 saturated carbocycles. The van der Waals surface area contributed by atoms with E-state index in [9.17, 15) is 4.79 Å². The van der Waals surface area contributed by atoms with Crippen LogP contribution >= 0.6 is 0 Å². The summed E-state index contributed by atoms with van der Waals surface area (Å²) in [5.74, 6) is 0.415. The summed E-state index contributed by atoms with van der Waals surface area (Å²) in [4.78, 5) is 18.7. The molecule has 0 spiro atoms. The largest absolute Gasteiger partial charge is 0.459 e. The predicted octanol–water partition coefficient (Wildman–Crippen LogP) is 3.65. The fourth-order valence-electron chi connectivity index (χ4n) is 2.99.